The van der Waals surface area contributed by atoms with Crippen LogP contribution in [0.4, 0.5) is 0 Å². The Balaban J connectivity index is 1.44. The summed E-state index contributed by atoms with van der Waals surface area (Å²) in [6.45, 7) is 0.316. The van der Waals surface area contributed by atoms with Crippen LogP contribution in [-0.2, 0) is 6.54 Å². The Kier molecular flexibility index (Phi) is 6.92. The molecule has 0 aliphatic rings. The van der Waals surface area contributed by atoms with Gasteiger partial charge in [0.15, 0.2) is 11.5 Å². The normalized spacial score (nSPS) is 10.4. The maximum atomic E-state index is 12.7. The molecule has 0 atom stereocenters. The van der Waals surface area contributed by atoms with Gasteiger partial charge in [-0.1, -0.05) is 18.2 Å². The van der Waals surface area contributed by atoms with Crippen LogP contribution in [0.25, 0.3) is 11.3 Å². The molecular formula is C25H24N4O5. The monoisotopic (exact) mass is 460 g/mol. The van der Waals surface area contributed by atoms with Crippen LogP contribution in [0.1, 0.15) is 16.1 Å². The number of rotatable bonds is 9. The van der Waals surface area contributed by atoms with E-state index in [0.717, 1.165) is 5.56 Å². The molecule has 0 aliphatic carbocycles. The predicted molar refractivity (Wildman–Crippen MR) is 126 cm³/mol. The molecule has 2 N–H and O–H groups in total. The third kappa shape index (κ3) is 5.09. The van der Waals surface area contributed by atoms with E-state index < -0.39 is 0 Å². The number of aromatic amines is 1. The lowest BCUT2D eigenvalue weighted by molar-refractivity contribution is 0.0946. The molecule has 34 heavy (non-hydrogen) atoms. The lowest BCUT2D eigenvalue weighted by Crippen LogP contribution is -2.23. The number of carbonyl (C=O) groups excluding carboxylic acids is 1. The van der Waals surface area contributed by atoms with E-state index in [1.807, 2.05) is 36.4 Å². The zero-order valence-electron chi connectivity index (χ0n) is 19.0. The first-order valence-electron chi connectivity index (χ1n) is 10.4. The number of nitrogens with one attached hydrogen (secondary N) is 2. The molecule has 0 aliphatic heterocycles. The summed E-state index contributed by atoms with van der Waals surface area (Å²) in [4.78, 5) is 16.8. The van der Waals surface area contributed by atoms with Crippen LogP contribution < -0.4 is 24.3 Å². The van der Waals surface area contributed by atoms with Gasteiger partial charge in [-0.25, -0.2) is 4.98 Å². The average Bonchev–Trinajstić information content (AvgIpc) is 3.38. The van der Waals surface area contributed by atoms with E-state index in [-0.39, 0.29) is 5.91 Å². The number of methoxy groups -OCH3 is 3. The minimum Gasteiger partial charge on any atom is -0.493 e. The Morgan fingerprint density at radius 2 is 1.74 bits per heavy atom. The van der Waals surface area contributed by atoms with Gasteiger partial charge >= 0.3 is 0 Å². The van der Waals surface area contributed by atoms with Crippen LogP contribution in [0.3, 0.4) is 0 Å². The van der Waals surface area contributed by atoms with Gasteiger partial charge in [0, 0.05) is 24.4 Å². The Morgan fingerprint density at radius 3 is 2.41 bits per heavy atom. The molecule has 0 bridgehead atoms. The van der Waals surface area contributed by atoms with Gasteiger partial charge in [0.05, 0.1) is 27.0 Å². The van der Waals surface area contributed by atoms with Crippen molar-refractivity contribution in [3.05, 3.63) is 78.1 Å². The Morgan fingerprint density at radius 1 is 0.941 bits per heavy atom. The number of aromatic nitrogens is 3. The van der Waals surface area contributed by atoms with Crippen molar-refractivity contribution in [2.24, 2.45) is 0 Å². The van der Waals surface area contributed by atoms with Gasteiger partial charge in [-0.3, -0.25) is 9.89 Å². The molecule has 1 amide bonds. The summed E-state index contributed by atoms with van der Waals surface area (Å²) in [7, 11) is 4.62. The molecule has 9 nitrogen and oxygen atoms in total. The van der Waals surface area contributed by atoms with E-state index in [1.54, 1.807) is 44.7 Å². The van der Waals surface area contributed by atoms with E-state index in [0.29, 0.717) is 52.4 Å². The summed E-state index contributed by atoms with van der Waals surface area (Å²) >= 11 is 0. The Labute approximate surface area is 196 Å². The fraction of sp³-hybridized carbons (Fsp3) is 0.160. The lowest BCUT2D eigenvalue weighted by atomic mass is 10.1. The molecule has 2 heterocycles. The fourth-order valence-corrected chi connectivity index (χ4v) is 3.34. The van der Waals surface area contributed by atoms with Crippen LogP contribution in [0.2, 0.25) is 0 Å². The summed E-state index contributed by atoms with van der Waals surface area (Å²) in [5.41, 5.74) is 2.48. The standard InChI is InChI=1S/C25H24N4O5/c1-31-21-12-17(13-22(32-2)24(21)33-3)19-14-20(29-28-19)25(30)27-15-16-7-6-8-18(11-16)34-23-9-4-5-10-26-23/h4-14H,15H2,1-3H3,(H,27,30)(H,28,29). The Bertz CT molecular complexity index is 1250. The topological polar surface area (TPSA) is 108 Å². The van der Waals surface area contributed by atoms with Gasteiger partial charge in [-0.05, 0) is 42.0 Å². The Hall–Kier alpha value is -4.53. The van der Waals surface area contributed by atoms with Crippen molar-refractivity contribution in [1.29, 1.82) is 0 Å². The molecule has 0 fully saturated rings. The molecule has 0 saturated carbocycles. The van der Waals surface area contributed by atoms with E-state index in [2.05, 4.69) is 20.5 Å². The average molecular weight is 460 g/mol. The van der Waals surface area contributed by atoms with Gasteiger partial charge in [-0.2, -0.15) is 5.10 Å². The van der Waals surface area contributed by atoms with Gasteiger partial charge in [0.1, 0.15) is 11.4 Å². The molecule has 0 saturated heterocycles. The summed E-state index contributed by atoms with van der Waals surface area (Å²) in [5, 5.41) is 9.93. The predicted octanol–water partition coefficient (Wildman–Crippen LogP) is 4.22. The maximum absolute atomic E-state index is 12.7. The number of hydrogen-bond donors (Lipinski definition) is 2. The molecule has 2 aromatic carbocycles. The van der Waals surface area contributed by atoms with Gasteiger partial charge < -0.3 is 24.3 Å². The molecule has 4 rings (SSSR count). The number of H-pyrrole nitrogens is 1. The summed E-state index contributed by atoms with van der Waals surface area (Å²) in [5.74, 6) is 2.33. The summed E-state index contributed by atoms with van der Waals surface area (Å²) in [6.07, 6.45) is 1.66. The number of carbonyl (C=O) groups is 1. The van der Waals surface area contributed by atoms with Crippen molar-refractivity contribution in [1.82, 2.24) is 20.5 Å². The van der Waals surface area contributed by atoms with E-state index in [1.165, 1.54) is 7.11 Å². The van der Waals surface area contributed by atoms with Crippen LogP contribution in [0.15, 0.2) is 66.9 Å². The number of amides is 1. The highest BCUT2D eigenvalue weighted by atomic mass is 16.5. The first-order valence-corrected chi connectivity index (χ1v) is 10.4. The van der Waals surface area contributed by atoms with Crippen molar-refractivity contribution in [2.75, 3.05) is 21.3 Å². The van der Waals surface area contributed by atoms with Crippen molar-refractivity contribution in [2.45, 2.75) is 6.54 Å². The first kappa shape index (κ1) is 22.7. The molecule has 0 radical (unpaired) electrons. The molecule has 0 spiro atoms. The number of pyridine rings is 1. The molecule has 174 valence electrons. The molecule has 2 aromatic heterocycles. The molecular weight excluding hydrogens is 436 g/mol. The largest absolute Gasteiger partial charge is 0.493 e. The van der Waals surface area contributed by atoms with Gasteiger partial charge in [0.25, 0.3) is 5.91 Å². The van der Waals surface area contributed by atoms with Crippen LogP contribution in [-0.4, -0.2) is 42.4 Å². The zero-order chi connectivity index (χ0) is 23.9. The quantitative estimate of drug-likeness (QED) is 0.385. The van der Waals surface area contributed by atoms with E-state index >= 15 is 0 Å². The minimum atomic E-state index is -0.290. The molecule has 9 heteroatoms. The molecule has 4 aromatic rings. The van der Waals surface area contributed by atoms with Gasteiger partial charge in [-0.15, -0.1) is 0 Å². The van der Waals surface area contributed by atoms with Crippen molar-refractivity contribution < 1.29 is 23.7 Å². The highest BCUT2D eigenvalue weighted by molar-refractivity contribution is 5.93. The second-order valence-electron chi connectivity index (χ2n) is 7.18. The number of hydrogen-bond acceptors (Lipinski definition) is 7. The summed E-state index contributed by atoms with van der Waals surface area (Å²) in [6, 6.07) is 18.1. The highest BCUT2D eigenvalue weighted by Crippen LogP contribution is 2.40. The van der Waals surface area contributed by atoms with E-state index in [9.17, 15) is 4.79 Å². The van der Waals surface area contributed by atoms with Crippen LogP contribution in [0, 0.1) is 0 Å². The number of nitrogens with zero attached hydrogens (tertiary/aromatic N) is 2. The van der Waals surface area contributed by atoms with Crippen LogP contribution in [0.5, 0.6) is 28.9 Å². The third-order valence-electron chi connectivity index (χ3n) is 4.99. The first-order chi connectivity index (χ1) is 16.6. The second kappa shape index (κ2) is 10.4. The smallest absolute Gasteiger partial charge is 0.269 e. The number of benzene rings is 2. The SMILES string of the molecule is COc1cc(-c2cc(C(=O)NCc3cccc(Oc4ccccn4)c3)[nH]n2)cc(OC)c1OC. The summed E-state index contributed by atoms with van der Waals surface area (Å²) < 4.78 is 21.9. The molecule has 0 unspecified atom stereocenters. The zero-order valence-corrected chi connectivity index (χ0v) is 19.0. The van der Waals surface area contributed by atoms with Crippen molar-refractivity contribution in [3.63, 3.8) is 0 Å². The fourth-order valence-electron chi connectivity index (χ4n) is 3.34. The van der Waals surface area contributed by atoms with Gasteiger partial charge in [0.2, 0.25) is 11.6 Å². The van der Waals surface area contributed by atoms with Crippen LogP contribution >= 0.6 is 0 Å². The lowest BCUT2D eigenvalue weighted by Gasteiger charge is -2.13. The number of ether oxygens (including phenoxy) is 4. The minimum absolute atomic E-state index is 0.290. The second-order valence-corrected chi connectivity index (χ2v) is 7.18. The van der Waals surface area contributed by atoms with E-state index in [4.69, 9.17) is 18.9 Å². The van der Waals surface area contributed by atoms with Crippen molar-refractivity contribution >= 4 is 5.91 Å². The van der Waals surface area contributed by atoms with Crippen molar-refractivity contribution in [3.8, 4) is 40.1 Å². The highest BCUT2D eigenvalue weighted by Gasteiger charge is 2.17. The maximum Gasteiger partial charge on any atom is 0.269 e. The third-order valence-corrected chi connectivity index (χ3v) is 4.99.